The molecule has 1 fully saturated rings. The highest BCUT2D eigenvalue weighted by Crippen LogP contribution is 2.47. The lowest BCUT2D eigenvalue weighted by Crippen LogP contribution is -2.30. The number of carbonyl (C=O) groups is 1. The average molecular weight is 298 g/mol. The highest BCUT2D eigenvalue weighted by molar-refractivity contribution is 5.83. The first-order valence-corrected chi connectivity index (χ1v) is 8.41. The molecule has 1 heterocycles. The molecule has 118 valence electrons. The molecular weight excluding hydrogens is 272 g/mol. The number of hydrogen-bond acceptors (Lipinski definition) is 2. The van der Waals surface area contributed by atoms with Crippen LogP contribution in [0.15, 0.2) is 35.9 Å². The summed E-state index contributed by atoms with van der Waals surface area (Å²) in [5.41, 5.74) is 4.03. The second kappa shape index (κ2) is 6.66. The van der Waals surface area contributed by atoms with Crippen molar-refractivity contribution in [2.75, 3.05) is 19.6 Å². The van der Waals surface area contributed by atoms with E-state index in [0.717, 1.165) is 32.5 Å². The van der Waals surface area contributed by atoms with Gasteiger partial charge in [0.1, 0.15) is 0 Å². The monoisotopic (exact) mass is 298 g/mol. The standard InChI is InChI=1S/C19H26N2O/c1-13(2)15-3-5-16(6-4-15)17-11-18(17)19(22)21-12-14-7-9-20-10-8-14/h3-7,13,17-18,20H,8-12H2,1-2H3,(H,21,22). The van der Waals surface area contributed by atoms with Gasteiger partial charge < -0.3 is 10.6 Å². The summed E-state index contributed by atoms with van der Waals surface area (Å²) in [5.74, 6) is 1.37. The Kier molecular flexibility index (Phi) is 4.63. The third-order valence-corrected chi connectivity index (χ3v) is 4.81. The van der Waals surface area contributed by atoms with E-state index in [1.165, 1.54) is 16.7 Å². The van der Waals surface area contributed by atoms with Crippen molar-refractivity contribution in [3.05, 3.63) is 47.0 Å². The zero-order valence-electron chi connectivity index (χ0n) is 13.6. The number of benzene rings is 1. The van der Waals surface area contributed by atoms with E-state index >= 15 is 0 Å². The van der Waals surface area contributed by atoms with Gasteiger partial charge in [-0.25, -0.2) is 0 Å². The van der Waals surface area contributed by atoms with Crippen LogP contribution in [0.2, 0.25) is 0 Å². The molecule has 1 aliphatic heterocycles. The van der Waals surface area contributed by atoms with E-state index in [0.29, 0.717) is 11.8 Å². The Bertz CT molecular complexity index is 559. The average Bonchev–Trinajstić information content (AvgIpc) is 3.34. The third-order valence-electron chi connectivity index (χ3n) is 4.81. The molecule has 3 rings (SSSR count). The summed E-state index contributed by atoms with van der Waals surface area (Å²) < 4.78 is 0. The maximum absolute atomic E-state index is 12.3. The third kappa shape index (κ3) is 3.58. The lowest BCUT2D eigenvalue weighted by molar-refractivity contribution is -0.122. The van der Waals surface area contributed by atoms with Crippen LogP contribution < -0.4 is 10.6 Å². The van der Waals surface area contributed by atoms with E-state index in [1.807, 2.05) is 0 Å². The van der Waals surface area contributed by atoms with Gasteiger partial charge in [0.15, 0.2) is 0 Å². The van der Waals surface area contributed by atoms with Gasteiger partial charge in [-0.3, -0.25) is 4.79 Å². The largest absolute Gasteiger partial charge is 0.352 e. The minimum atomic E-state index is 0.173. The van der Waals surface area contributed by atoms with Gasteiger partial charge in [0.2, 0.25) is 5.91 Å². The molecule has 1 aromatic rings. The summed E-state index contributed by atoms with van der Waals surface area (Å²) in [5, 5.41) is 6.40. The summed E-state index contributed by atoms with van der Waals surface area (Å²) in [7, 11) is 0. The first-order chi connectivity index (χ1) is 10.6. The van der Waals surface area contributed by atoms with Gasteiger partial charge in [0.25, 0.3) is 0 Å². The van der Waals surface area contributed by atoms with E-state index in [2.05, 4.69) is 54.8 Å². The maximum Gasteiger partial charge on any atom is 0.224 e. The molecule has 1 amide bonds. The fourth-order valence-electron chi connectivity index (χ4n) is 3.14. The molecule has 2 unspecified atom stereocenters. The zero-order chi connectivity index (χ0) is 15.5. The summed E-state index contributed by atoms with van der Waals surface area (Å²) in [6.45, 7) is 7.08. The van der Waals surface area contributed by atoms with Crippen molar-refractivity contribution in [2.45, 2.75) is 38.5 Å². The molecule has 2 atom stereocenters. The Morgan fingerprint density at radius 3 is 2.73 bits per heavy atom. The van der Waals surface area contributed by atoms with E-state index < -0.39 is 0 Å². The smallest absolute Gasteiger partial charge is 0.224 e. The molecule has 3 heteroatoms. The molecule has 0 saturated heterocycles. The molecule has 0 aromatic heterocycles. The molecule has 2 aliphatic rings. The molecule has 2 N–H and O–H groups in total. The number of amides is 1. The number of hydrogen-bond donors (Lipinski definition) is 2. The quantitative estimate of drug-likeness (QED) is 0.821. The zero-order valence-corrected chi connectivity index (χ0v) is 13.6. The summed E-state index contributed by atoms with van der Waals surface area (Å²) >= 11 is 0. The highest BCUT2D eigenvalue weighted by Gasteiger charge is 2.43. The Hall–Kier alpha value is -1.61. The van der Waals surface area contributed by atoms with Crippen LogP contribution in [0.5, 0.6) is 0 Å². The molecule has 0 radical (unpaired) electrons. The number of carbonyl (C=O) groups excluding carboxylic acids is 1. The van der Waals surface area contributed by atoms with Gasteiger partial charge in [0.05, 0.1) is 0 Å². The second-order valence-electron chi connectivity index (χ2n) is 6.80. The van der Waals surface area contributed by atoms with Crippen LogP contribution in [-0.4, -0.2) is 25.5 Å². The van der Waals surface area contributed by atoms with Crippen molar-refractivity contribution in [2.24, 2.45) is 5.92 Å². The highest BCUT2D eigenvalue weighted by atomic mass is 16.2. The van der Waals surface area contributed by atoms with Crippen LogP contribution in [-0.2, 0) is 4.79 Å². The van der Waals surface area contributed by atoms with E-state index in [1.54, 1.807) is 0 Å². The van der Waals surface area contributed by atoms with Crippen molar-refractivity contribution in [3.8, 4) is 0 Å². The molecule has 1 aromatic carbocycles. The van der Waals surface area contributed by atoms with Gasteiger partial charge in [-0.15, -0.1) is 0 Å². The van der Waals surface area contributed by atoms with Crippen LogP contribution in [0.4, 0.5) is 0 Å². The van der Waals surface area contributed by atoms with Crippen LogP contribution in [0.3, 0.4) is 0 Å². The van der Waals surface area contributed by atoms with Crippen molar-refractivity contribution in [1.82, 2.24) is 10.6 Å². The van der Waals surface area contributed by atoms with E-state index in [-0.39, 0.29) is 11.8 Å². The fourth-order valence-corrected chi connectivity index (χ4v) is 3.14. The Balaban J connectivity index is 1.50. The summed E-state index contributed by atoms with van der Waals surface area (Å²) in [4.78, 5) is 12.3. The van der Waals surface area contributed by atoms with Crippen molar-refractivity contribution < 1.29 is 4.79 Å². The molecule has 0 bridgehead atoms. The van der Waals surface area contributed by atoms with Crippen LogP contribution >= 0.6 is 0 Å². The maximum atomic E-state index is 12.3. The van der Waals surface area contributed by atoms with E-state index in [4.69, 9.17) is 0 Å². The fraction of sp³-hybridized carbons (Fsp3) is 0.526. The van der Waals surface area contributed by atoms with Gasteiger partial charge >= 0.3 is 0 Å². The molecule has 1 aliphatic carbocycles. The topological polar surface area (TPSA) is 41.1 Å². The van der Waals surface area contributed by atoms with Crippen molar-refractivity contribution in [3.63, 3.8) is 0 Å². The summed E-state index contributed by atoms with van der Waals surface area (Å²) in [6.07, 6.45) is 4.23. The van der Waals surface area contributed by atoms with Crippen molar-refractivity contribution >= 4 is 5.91 Å². The molecule has 3 nitrogen and oxygen atoms in total. The van der Waals surface area contributed by atoms with Crippen LogP contribution in [0.25, 0.3) is 0 Å². The molecule has 0 spiro atoms. The van der Waals surface area contributed by atoms with Gasteiger partial charge in [-0.2, -0.15) is 0 Å². The predicted molar refractivity (Wildman–Crippen MR) is 90.0 cm³/mol. The lowest BCUT2D eigenvalue weighted by atomic mass is 10.00. The Labute approximate surface area is 133 Å². The van der Waals surface area contributed by atoms with E-state index in [9.17, 15) is 4.79 Å². The first-order valence-electron chi connectivity index (χ1n) is 8.41. The molecule has 1 saturated carbocycles. The van der Waals surface area contributed by atoms with Gasteiger partial charge in [0, 0.05) is 19.0 Å². The minimum absolute atomic E-state index is 0.173. The first kappa shape index (κ1) is 15.3. The lowest BCUT2D eigenvalue weighted by Gasteiger charge is -2.14. The second-order valence-corrected chi connectivity index (χ2v) is 6.80. The number of rotatable bonds is 5. The summed E-state index contributed by atoms with van der Waals surface area (Å²) in [6, 6.07) is 8.80. The minimum Gasteiger partial charge on any atom is -0.352 e. The Morgan fingerprint density at radius 2 is 2.09 bits per heavy atom. The normalized spacial score (nSPS) is 24.0. The number of nitrogens with one attached hydrogen (secondary N) is 2. The molecule has 22 heavy (non-hydrogen) atoms. The Morgan fingerprint density at radius 1 is 1.32 bits per heavy atom. The van der Waals surface area contributed by atoms with Gasteiger partial charge in [-0.05, 0) is 42.3 Å². The van der Waals surface area contributed by atoms with Crippen molar-refractivity contribution in [1.29, 1.82) is 0 Å². The molecular formula is C19H26N2O. The van der Waals surface area contributed by atoms with Crippen LogP contribution in [0, 0.1) is 5.92 Å². The van der Waals surface area contributed by atoms with Crippen LogP contribution in [0.1, 0.15) is 49.7 Å². The predicted octanol–water partition coefficient (Wildman–Crippen LogP) is 2.95. The SMILES string of the molecule is CC(C)c1ccc(C2CC2C(=O)NCC2=CCNCC2)cc1. The van der Waals surface area contributed by atoms with Gasteiger partial charge in [-0.1, -0.05) is 49.8 Å².